The molecule has 0 saturated heterocycles. The molecule has 2 unspecified atom stereocenters. The lowest BCUT2D eigenvalue weighted by atomic mass is 9.51. The van der Waals surface area contributed by atoms with Crippen LogP contribution < -0.4 is 11.1 Å². The first-order valence-corrected chi connectivity index (χ1v) is 7.89. The predicted octanol–water partition coefficient (Wildman–Crippen LogP) is 2.22. The fourth-order valence-electron chi connectivity index (χ4n) is 3.80. The SMILES string of the molecule is CCOC1CC(NCc2cccc(C(N)=O)c2)C12CCC2. The minimum absolute atomic E-state index is 0.368. The Kier molecular flexibility index (Phi) is 4.00. The summed E-state index contributed by atoms with van der Waals surface area (Å²) in [6, 6.07) is 8.10. The fourth-order valence-corrected chi connectivity index (χ4v) is 3.80. The molecule has 1 spiro atoms. The van der Waals surface area contributed by atoms with E-state index in [1.165, 1.54) is 19.3 Å². The second kappa shape index (κ2) is 5.78. The van der Waals surface area contributed by atoms with Gasteiger partial charge in [0.15, 0.2) is 0 Å². The first-order chi connectivity index (χ1) is 10.2. The summed E-state index contributed by atoms with van der Waals surface area (Å²) in [5.74, 6) is -0.368. The Balaban J connectivity index is 1.59. The zero-order valence-corrected chi connectivity index (χ0v) is 12.6. The van der Waals surface area contributed by atoms with Crippen molar-refractivity contribution in [1.29, 1.82) is 0 Å². The van der Waals surface area contributed by atoms with E-state index in [-0.39, 0.29) is 5.91 Å². The van der Waals surface area contributed by atoms with Crippen LogP contribution in [-0.2, 0) is 11.3 Å². The predicted molar refractivity (Wildman–Crippen MR) is 81.9 cm³/mol. The van der Waals surface area contributed by atoms with Crippen LogP contribution >= 0.6 is 0 Å². The summed E-state index contributed by atoms with van der Waals surface area (Å²) in [7, 11) is 0. The average Bonchev–Trinajstić information content (AvgIpc) is 2.40. The molecular formula is C17H24N2O2. The van der Waals surface area contributed by atoms with E-state index in [4.69, 9.17) is 10.5 Å². The van der Waals surface area contributed by atoms with Crippen LogP contribution in [0.2, 0.25) is 0 Å². The number of nitrogens with one attached hydrogen (secondary N) is 1. The molecule has 3 rings (SSSR count). The summed E-state index contributed by atoms with van der Waals surface area (Å²) in [4.78, 5) is 11.2. The largest absolute Gasteiger partial charge is 0.378 e. The molecule has 2 atom stereocenters. The number of amides is 1. The molecule has 2 saturated carbocycles. The number of primary amides is 1. The molecule has 0 bridgehead atoms. The van der Waals surface area contributed by atoms with E-state index in [0.717, 1.165) is 25.1 Å². The van der Waals surface area contributed by atoms with Crippen LogP contribution in [0.1, 0.15) is 48.5 Å². The molecule has 2 fully saturated rings. The standard InChI is InChI=1S/C17H24N2O2/c1-2-21-15-10-14(17(15)7-4-8-17)19-11-12-5-3-6-13(9-12)16(18)20/h3,5-6,9,14-15,19H,2,4,7-8,10-11H2,1H3,(H2,18,20). The number of benzene rings is 1. The number of nitrogens with two attached hydrogens (primary N) is 1. The average molecular weight is 288 g/mol. The molecule has 0 aromatic heterocycles. The summed E-state index contributed by atoms with van der Waals surface area (Å²) in [6.45, 7) is 3.66. The van der Waals surface area contributed by atoms with Crippen molar-refractivity contribution in [2.45, 2.75) is 51.3 Å². The minimum atomic E-state index is -0.368. The lowest BCUT2D eigenvalue weighted by molar-refractivity contribution is -0.173. The quantitative estimate of drug-likeness (QED) is 0.843. The van der Waals surface area contributed by atoms with Gasteiger partial charge in [-0.1, -0.05) is 18.6 Å². The lowest BCUT2D eigenvalue weighted by Gasteiger charge is -2.61. The third kappa shape index (κ3) is 2.58. The van der Waals surface area contributed by atoms with E-state index >= 15 is 0 Å². The molecule has 114 valence electrons. The van der Waals surface area contributed by atoms with Gasteiger partial charge in [0.05, 0.1) is 6.10 Å². The van der Waals surface area contributed by atoms with Crippen LogP contribution in [0.4, 0.5) is 0 Å². The Morgan fingerprint density at radius 1 is 1.48 bits per heavy atom. The van der Waals surface area contributed by atoms with E-state index in [9.17, 15) is 4.79 Å². The van der Waals surface area contributed by atoms with Crippen LogP contribution in [0.25, 0.3) is 0 Å². The highest BCUT2D eigenvalue weighted by molar-refractivity contribution is 5.92. The molecule has 1 amide bonds. The van der Waals surface area contributed by atoms with Crippen molar-refractivity contribution >= 4 is 5.91 Å². The monoisotopic (exact) mass is 288 g/mol. The van der Waals surface area contributed by atoms with Gasteiger partial charge in [0.2, 0.25) is 5.91 Å². The first-order valence-electron chi connectivity index (χ1n) is 7.89. The lowest BCUT2D eigenvalue weighted by Crippen LogP contribution is -2.66. The van der Waals surface area contributed by atoms with Crippen molar-refractivity contribution in [2.75, 3.05) is 6.61 Å². The van der Waals surface area contributed by atoms with Gasteiger partial charge in [-0.25, -0.2) is 0 Å². The molecule has 4 nitrogen and oxygen atoms in total. The molecule has 21 heavy (non-hydrogen) atoms. The normalized spacial score (nSPS) is 26.1. The van der Waals surface area contributed by atoms with Crippen LogP contribution in [0.5, 0.6) is 0 Å². The van der Waals surface area contributed by atoms with Gasteiger partial charge in [0.1, 0.15) is 0 Å². The Hall–Kier alpha value is -1.39. The van der Waals surface area contributed by atoms with Crippen molar-refractivity contribution in [1.82, 2.24) is 5.32 Å². The molecular weight excluding hydrogens is 264 g/mol. The van der Waals surface area contributed by atoms with E-state index in [2.05, 4.69) is 12.2 Å². The van der Waals surface area contributed by atoms with Crippen molar-refractivity contribution in [3.8, 4) is 0 Å². The number of ether oxygens (including phenoxy) is 1. The Morgan fingerprint density at radius 3 is 2.90 bits per heavy atom. The van der Waals surface area contributed by atoms with Crippen molar-refractivity contribution in [3.05, 3.63) is 35.4 Å². The third-order valence-electron chi connectivity index (χ3n) is 5.20. The molecule has 2 aliphatic rings. The minimum Gasteiger partial charge on any atom is -0.378 e. The Bertz CT molecular complexity index is 525. The molecule has 1 aromatic carbocycles. The number of rotatable bonds is 6. The molecule has 0 radical (unpaired) electrons. The molecule has 4 heteroatoms. The molecule has 0 aliphatic heterocycles. The van der Waals surface area contributed by atoms with Crippen molar-refractivity contribution in [2.24, 2.45) is 11.1 Å². The van der Waals surface area contributed by atoms with Gasteiger partial charge in [0, 0.05) is 30.2 Å². The summed E-state index contributed by atoms with van der Waals surface area (Å²) < 4.78 is 5.87. The van der Waals surface area contributed by atoms with Crippen LogP contribution in [0.15, 0.2) is 24.3 Å². The first kappa shape index (κ1) is 14.5. The second-order valence-corrected chi connectivity index (χ2v) is 6.26. The highest BCUT2D eigenvalue weighted by atomic mass is 16.5. The van der Waals surface area contributed by atoms with Gasteiger partial charge in [-0.3, -0.25) is 4.79 Å². The van der Waals surface area contributed by atoms with Gasteiger partial charge in [-0.15, -0.1) is 0 Å². The van der Waals surface area contributed by atoms with Crippen molar-refractivity contribution in [3.63, 3.8) is 0 Å². The van der Waals surface area contributed by atoms with E-state index in [1.54, 1.807) is 6.07 Å². The maximum Gasteiger partial charge on any atom is 0.248 e. The fraction of sp³-hybridized carbons (Fsp3) is 0.588. The second-order valence-electron chi connectivity index (χ2n) is 6.26. The maximum atomic E-state index is 11.2. The van der Waals surface area contributed by atoms with Gasteiger partial charge >= 0.3 is 0 Å². The molecule has 3 N–H and O–H groups in total. The highest BCUT2D eigenvalue weighted by Crippen LogP contribution is 2.57. The number of hydrogen-bond donors (Lipinski definition) is 2. The van der Waals surface area contributed by atoms with Gasteiger partial charge in [0.25, 0.3) is 0 Å². The summed E-state index contributed by atoms with van der Waals surface area (Å²) in [5.41, 5.74) is 7.39. The highest BCUT2D eigenvalue weighted by Gasteiger charge is 2.58. The molecule has 1 aromatic rings. The number of hydrogen-bond acceptors (Lipinski definition) is 3. The van der Waals surface area contributed by atoms with Gasteiger partial charge in [-0.2, -0.15) is 0 Å². The number of carbonyl (C=O) groups excluding carboxylic acids is 1. The van der Waals surface area contributed by atoms with Gasteiger partial charge in [-0.05, 0) is 43.9 Å². The summed E-state index contributed by atoms with van der Waals surface area (Å²) >= 11 is 0. The smallest absolute Gasteiger partial charge is 0.248 e. The van der Waals surface area contributed by atoms with Gasteiger partial charge < -0.3 is 15.8 Å². The number of carbonyl (C=O) groups is 1. The summed E-state index contributed by atoms with van der Waals surface area (Å²) in [5, 5.41) is 3.65. The van der Waals surface area contributed by atoms with Crippen LogP contribution in [0, 0.1) is 5.41 Å². The maximum absolute atomic E-state index is 11.2. The summed E-state index contributed by atoms with van der Waals surface area (Å²) in [6.07, 6.45) is 5.40. The topological polar surface area (TPSA) is 64.3 Å². The van der Waals surface area contributed by atoms with E-state index in [0.29, 0.717) is 23.1 Å². The van der Waals surface area contributed by atoms with E-state index in [1.807, 2.05) is 18.2 Å². The van der Waals surface area contributed by atoms with Crippen LogP contribution in [0.3, 0.4) is 0 Å². The molecule has 0 heterocycles. The van der Waals surface area contributed by atoms with Crippen molar-refractivity contribution < 1.29 is 9.53 Å². The van der Waals surface area contributed by atoms with E-state index < -0.39 is 0 Å². The van der Waals surface area contributed by atoms with Crippen LogP contribution in [-0.4, -0.2) is 24.7 Å². The Labute approximate surface area is 126 Å². The zero-order valence-electron chi connectivity index (χ0n) is 12.6. The third-order valence-corrected chi connectivity index (χ3v) is 5.20. The molecule has 2 aliphatic carbocycles. The Morgan fingerprint density at radius 2 is 2.29 bits per heavy atom. The zero-order chi connectivity index (χ0) is 14.9.